The van der Waals surface area contributed by atoms with Gasteiger partial charge in [-0.15, -0.1) is 0 Å². The Bertz CT molecular complexity index is 759. The maximum Gasteiger partial charge on any atom is 0.118 e. The zero-order valence-corrected chi connectivity index (χ0v) is 18.4. The van der Waals surface area contributed by atoms with E-state index in [2.05, 4.69) is 55.6 Å². The van der Waals surface area contributed by atoms with Gasteiger partial charge in [-0.3, -0.25) is 0 Å². The van der Waals surface area contributed by atoms with Crippen molar-refractivity contribution in [2.24, 2.45) is 0 Å². The van der Waals surface area contributed by atoms with Crippen LogP contribution in [0.25, 0.3) is 0 Å². The van der Waals surface area contributed by atoms with Gasteiger partial charge in [-0.25, -0.2) is 0 Å². The maximum absolute atomic E-state index is 6.19. The topological polar surface area (TPSA) is 44.3 Å². The minimum atomic E-state index is -0.0475. The molecule has 2 aromatic rings. The number of hydrogen-bond acceptors (Lipinski definition) is 3. The third kappa shape index (κ3) is 5.31. The molecule has 1 fully saturated rings. The quantitative estimate of drug-likeness (QED) is 0.648. The first-order chi connectivity index (χ1) is 14.0. The van der Waals surface area contributed by atoms with Crippen LogP contribution < -0.4 is 14.8 Å². The highest BCUT2D eigenvalue weighted by atomic mass is 16.5. The summed E-state index contributed by atoms with van der Waals surface area (Å²) in [5, 5.41) is 2.42. The lowest BCUT2D eigenvalue weighted by molar-refractivity contribution is -0.672. The fraction of sp³-hybridized carbons (Fsp3) is 0.520. The van der Waals surface area contributed by atoms with Gasteiger partial charge < -0.3 is 19.5 Å². The summed E-state index contributed by atoms with van der Waals surface area (Å²) in [7, 11) is 3.43. The summed E-state index contributed by atoms with van der Waals surface area (Å²) >= 11 is 0. The third-order valence-corrected chi connectivity index (χ3v) is 6.56. The van der Waals surface area contributed by atoms with Gasteiger partial charge in [-0.05, 0) is 68.1 Å². The second-order valence-corrected chi connectivity index (χ2v) is 8.47. The molecule has 2 atom stereocenters. The fourth-order valence-corrected chi connectivity index (χ4v) is 4.53. The largest absolute Gasteiger partial charge is 0.497 e. The summed E-state index contributed by atoms with van der Waals surface area (Å²) in [6.07, 6.45) is 4.33. The molecule has 1 aliphatic heterocycles. The van der Waals surface area contributed by atoms with Crippen molar-refractivity contribution in [3.8, 4) is 11.5 Å². The van der Waals surface area contributed by atoms with E-state index in [1.165, 1.54) is 11.1 Å². The van der Waals surface area contributed by atoms with Crippen molar-refractivity contribution in [3.05, 3.63) is 59.7 Å². The van der Waals surface area contributed by atoms with Crippen molar-refractivity contribution in [1.82, 2.24) is 0 Å². The van der Waals surface area contributed by atoms with Gasteiger partial charge in [0.05, 0.1) is 26.4 Å². The molecule has 1 heterocycles. The van der Waals surface area contributed by atoms with E-state index in [4.69, 9.17) is 14.2 Å². The Kier molecular flexibility index (Phi) is 7.20. The Morgan fingerprint density at radius 1 is 0.966 bits per heavy atom. The average molecular weight is 399 g/mol. The molecule has 4 nitrogen and oxygen atoms in total. The molecule has 2 aromatic carbocycles. The highest BCUT2D eigenvalue weighted by molar-refractivity contribution is 5.33. The predicted molar refractivity (Wildman–Crippen MR) is 117 cm³/mol. The van der Waals surface area contributed by atoms with E-state index < -0.39 is 0 Å². The van der Waals surface area contributed by atoms with Crippen molar-refractivity contribution in [2.75, 3.05) is 27.4 Å². The minimum Gasteiger partial charge on any atom is -0.497 e. The average Bonchev–Trinajstić information content (AvgIpc) is 2.77. The number of hydrogen-bond donors (Lipinski definition) is 1. The third-order valence-electron chi connectivity index (χ3n) is 6.56. The lowest BCUT2D eigenvalue weighted by atomic mass is 9.66. The molecule has 0 amide bonds. The number of quaternary nitrogens is 1. The lowest BCUT2D eigenvalue weighted by Gasteiger charge is -2.46. The van der Waals surface area contributed by atoms with Crippen LogP contribution >= 0.6 is 0 Å². The molecule has 0 radical (unpaired) electrons. The Labute approximate surface area is 175 Å². The Hall–Kier alpha value is -2.04. The van der Waals surface area contributed by atoms with Crippen molar-refractivity contribution in [1.29, 1.82) is 0 Å². The summed E-state index contributed by atoms with van der Waals surface area (Å²) in [6.45, 7) is 7.42. The van der Waals surface area contributed by atoms with Gasteiger partial charge in [0.1, 0.15) is 18.0 Å². The molecule has 3 rings (SSSR count). The first-order valence-electron chi connectivity index (χ1n) is 10.8. The molecule has 29 heavy (non-hydrogen) atoms. The van der Waals surface area contributed by atoms with E-state index in [-0.39, 0.29) is 11.0 Å². The van der Waals surface area contributed by atoms with Crippen LogP contribution in [0.15, 0.2) is 48.5 Å². The molecular weight excluding hydrogens is 362 g/mol. The summed E-state index contributed by atoms with van der Waals surface area (Å²) < 4.78 is 16.8. The molecule has 0 aliphatic carbocycles. The summed E-state index contributed by atoms with van der Waals surface area (Å²) in [6, 6.07) is 17.1. The van der Waals surface area contributed by atoms with Gasteiger partial charge in [0.2, 0.25) is 0 Å². The van der Waals surface area contributed by atoms with Crippen LogP contribution in [-0.4, -0.2) is 33.0 Å². The van der Waals surface area contributed by atoms with Crippen molar-refractivity contribution in [2.45, 2.75) is 57.1 Å². The van der Waals surface area contributed by atoms with Gasteiger partial charge >= 0.3 is 0 Å². The smallest absolute Gasteiger partial charge is 0.118 e. The van der Waals surface area contributed by atoms with Gasteiger partial charge in [-0.2, -0.15) is 0 Å². The van der Waals surface area contributed by atoms with Crippen LogP contribution in [0.5, 0.6) is 11.5 Å². The second-order valence-electron chi connectivity index (χ2n) is 8.47. The summed E-state index contributed by atoms with van der Waals surface area (Å²) in [4.78, 5) is 0. The molecule has 4 heteroatoms. The van der Waals surface area contributed by atoms with E-state index in [1.54, 1.807) is 14.2 Å². The zero-order chi connectivity index (χ0) is 20.7. The number of ether oxygens (including phenoxy) is 3. The van der Waals surface area contributed by atoms with E-state index >= 15 is 0 Å². The van der Waals surface area contributed by atoms with E-state index in [9.17, 15) is 0 Å². The van der Waals surface area contributed by atoms with Gasteiger partial charge in [-0.1, -0.05) is 19.1 Å². The Balaban J connectivity index is 1.69. The Morgan fingerprint density at radius 2 is 1.59 bits per heavy atom. The van der Waals surface area contributed by atoms with Gasteiger partial charge in [0, 0.05) is 24.0 Å². The first-order valence-corrected chi connectivity index (χ1v) is 10.8. The molecule has 0 saturated carbocycles. The van der Waals surface area contributed by atoms with Crippen LogP contribution in [-0.2, 0) is 16.7 Å². The molecule has 0 aromatic heterocycles. The molecule has 158 valence electrons. The SMILES string of the molecule is CC[C@]1(C)C[C@](CC[NH2+]Cc2ccc(OC)cc2)(c2ccc(OC)cc2)CCO1. The molecule has 0 bridgehead atoms. The standard InChI is InChI=1S/C25H35NO3/c1-5-24(2)19-25(15-17-29-24,21-8-12-23(28-4)13-9-21)14-16-26-18-20-6-10-22(27-3)11-7-20/h6-13,26H,5,14-19H2,1-4H3/p+1/t24-,25-/m1/s1. The van der Waals surface area contributed by atoms with E-state index in [1.807, 2.05) is 12.1 Å². The molecule has 2 N–H and O–H groups in total. The Morgan fingerprint density at radius 3 is 2.17 bits per heavy atom. The number of methoxy groups -OCH3 is 2. The molecular formula is C25H36NO3+. The monoisotopic (exact) mass is 398 g/mol. The minimum absolute atomic E-state index is 0.0475. The van der Waals surface area contributed by atoms with Crippen LogP contribution in [0.1, 0.15) is 50.7 Å². The normalized spacial score (nSPS) is 24.3. The van der Waals surface area contributed by atoms with Gasteiger partial charge in [0.15, 0.2) is 0 Å². The predicted octanol–water partition coefficient (Wildman–Crippen LogP) is 4.07. The number of benzene rings is 2. The second kappa shape index (κ2) is 9.64. The van der Waals surface area contributed by atoms with Gasteiger partial charge in [0.25, 0.3) is 0 Å². The highest BCUT2D eigenvalue weighted by Gasteiger charge is 2.43. The zero-order valence-electron chi connectivity index (χ0n) is 18.4. The lowest BCUT2D eigenvalue weighted by Crippen LogP contribution is -2.83. The van der Waals surface area contributed by atoms with Crippen LogP contribution in [0.3, 0.4) is 0 Å². The van der Waals surface area contributed by atoms with Crippen LogP contribution in [0, 0.1) is 0 Å². The maximum atomic E-state index is 6.19. The number of rotatable bonds is 9. The van der Waals surface area contributed by atoms with Crippen molar-refractivity contribution >= 4 is 0 Å². The van der Waals surface area contributed by atoms with Crippen LogP contribution in [0.2, 0.25) is 0 Å². The first kappa shape index (κ1) is 21.7. The molecule has 0 spiro atoms. The van der Waals surface area contributed by atoms with E-state index in [0.29, 0.717) is 0 Å². The van der Waals surface area contributed by atoms with Crippen LogP contribution in [0.4, 0.5) is 0 Å². The van der Waals surface area contributed by atoms with E-state index in [0.717, 1.165) is 56.9 Å². The molecule has 1 saturated heterocycles. The molecule has 0 unspecified atom stereocenters. The number of nitrogens with two attached hydrogens (primary N) is 1. The highest BCUT2D eigenvalue weighted by Crippen LogP contribution is 2.45. The summed E-state index contributed by atoms with van der Waals surface area (Å²) in [5.74, 6) is 1.83. The summed E-state index contributed by atoms with van der Waals surface area (Å²) in [5.41, 5.74) is 2.86. The fourth-order valence-electron chi connectivity index (χ4n) is 4.53. The van der Waals surface area contributed by atoms with Crippen molar-refractivity contribution < 1.29 is 19.5 Å². The molecule has 1 aliphatic rings. The van der Waals surface area contributed by atoms with Crippen molar-refractivity contribution in [3.63, 3.8) is 0 Å².